The Morgan fingerprint density at radius 3 is 2.89 bits per heavy atom. The SMILES string of the molecule is Cn1ncc(N)c1C(=O)NCCCC1CCCC1. The van der Waals surface area contributed by atoms with E-state index in [0.717, 1.165) is 18.9 Å². The Morgan fingerprint density at radius 2 is 2.28 bits per heavy atom. The molecule has 0 aliphatic heterocycles. The van der Waals surface area contributed by atoms with Crippen molar-refractivity contribution in [2.45, 2.75) is 38.5 Å². The number of nitrogen functional groups attached to an aromatic ring is 1. The fourth-order valence-corrected chi connectivity index (χ4v) is 2.71. The number of nitrogens with one attached hydrogen (secondary N) is 1. The lowest BCUT2D eigenvalue weighted by Gasteiger charge is -2.09. The molecule has 0 spiro atoms. The van der Waals surface area contributed by atoms with Crippen LogP contribution in [-0.2, 0) is 7.05 Å². The third kappa shape index (κ3) is 3.03. The highest BCUT2D eigenvalue weighted by molar-refractivity contribution is 5.97. The summed E-state index contributed by atoms with van der Waals surface area (Å²) in [6.45, 7) is 0.722. The van der Waals surface area contributed by atoms with E-state index in [9.17, 15) is 4.79 Å². The lowest BCUT2D eigenvalue weighted by Crippen LogP contribution is -2.27. The highest BCUT2D eigenvalue weighted by atomic mass is 16.2. The van der Waals surface area contributed by atoms with Crippen LogP contribution in [0.2, 0.25) is 0 Å². The fourth-order valence-electron chi connectivity index (χ4n) is 2.71. The summed E-state index contributed by atoms with van der Waals surface area (Å²) < 4.78 is 1.52. The number of aromatic nitrogens is 2. The van der Waals surface area contributed by atoms with Crippen molar-refractivity contribution in [3.8, 4) is 0 Å². The largest absolute Gasteiger partial charge is 0.396 e. The summed E-state index contributed by atoms with van der Waals surface area (Å²) in [4.78, 5) is 11.9. The van der Waals surface area contributed by atoms with Gasteiger partial charge in [-0.05, 0) is 18.8 Å². The van der Waals surface area contributed by atoms with E-state index in [2.05, 4.69) is 10.4 Å². The van der Waals surface area contributed by atoms with E-state index in [1.165, 1.54) is 43.0 Å². The zero-order valence-electron chi connectivity index (χ0n) is 11.0. The maximum atomic E-state index is 11.9. The molecule has 3 N–H and O–H groups in total. The van der Waals surface area contributed by atoms with Gasteiger partial charge < -0.3 is 11.1 Å². The minimum atomic E-state index is -0.126. The average molecular weight is 250 g/mol. The minimum absolute atomic E-state index is 0.126. The lowest BCUT2D eigenvalue weighted by atomic mass is 10.0. The van der Waals surface area contributed by atoms with Crippen molar-refractivity contribution in [1.82, 2.24) is 15.1 Å². The second-order valence-corrected chi connectivity index (χ2v) is 5.12. The third-order valence-electron chi connectivity index (χ3n) is 3.73. The maximum Gasteiger partial charge on any atom is 0.271 e. The van der Waals surface area contributed by atoms with Gasteiger partial charge in [0.15, 0.2) is 0 Å². The third-order valence-corrected chi connectivity index (χ3v) is 3.73. The van der Waals surface area contributed by atoms with E-state index in [0.29, 0.717) is 11.4 Å². The molecule has 1 saturated carbocycles. The predicted molar refractivity (Wildman–Crippen MR) is 71.1 cm³/mol. The van der Waals surface area contributed by atoms with E-state index >= 15 is 0 Å². The summed E-state index contributed by atoms with van der Waals surface area (Å²) in [5, 5.41) is 6.87. The number of rotatable bonds is 5. The summed E-state index contributed by atoms with van der Waals surface area (Å²) in [6, 6.07) is 0. The van der Waals surface area contributed by atoms with Gasteiger partial charge in [0.05, 0.1) is 11.9 Å². The van der Waals surface area contributed by atoms with Gasteiger partial charge in [0.2, 0.25) is 0 Å². The number of amides is 1. The van der Waals surface area contributed by atoms with E-state index < -0.39 is 0 Å². The molecule has 100 valence electrons. The molecule has 1 heterocycles. The maximum absolute atomic E-state index is 11.9. The molecule has 5 heteroatoms. The first-order valence-corrected chi connectivity index (χ1v) is 6.74. The van der Waals surface area contributed by atoms with Crippen LogP contribution >= 0.6 is 0 Å². The quantitative estimate of drug-likeness (QED) is 0.781. The van der Waals surface area contributed by atoms with Gasteiger partial charge in [-0.25, -0.2) is 0 Å². The van der Waals surface area contributed by atoms with E-state index in [1.54, 1.807) is 7.05 Å². The number of carbonyl (C=O) groups is 1. The standard InChI is InChI=1S/C13H22N4O/c1-17-12(11(14)9-16-17)13(18)15-8-4-7-10-5-2-3-6-10/h9-10H,2-8,14H2,1H3,(H,15,18). The molecule has 5 nitrogen and oxygen atoms in total. The first-order chi connectivity index (χ1) is 8.68. The van der Waals surface area contributed by atoms with Crippen LogP contribution in [0.3, 0.4) is 0 Å². The van der Waals surface area contributed by atoms with Gasteiger partial charge in [-0.1, -0.05) is 25.7 Å². The van der Waals surface area contributed by atoms with E-state index in [-0.39, 0.29) is 5.91 Å². The monoisotopic (exact) mass is 250 g/mol. The smallest absolute Gasteiger partial charge is 0.271 e. The number of nitrogens with two attached hydrogens (primary N) is 1. The summed E-state index contributed by atoms with van der Waals surface area (Å²) >= 11 is 0. The summed E-state index contributed by atoms with van der Waals surface area (Å²) in [6.07, 6.45) is 9.26. The zero-order valence-corrected chi connectivity index (χ0v) is 11.0. The number of aryl methyl sites for hydroxylation is 1. The molecular formula is C13H22N4O. The molecule has 1 aromatic heterocycles. The van der Waals surface area contributed by atoms with Gasteiger partial charge in [0, 0.05) is 13.6 Å². The van der Waals surface area contributed by atoms with Crippen molar-refractivity contribution >= 4 is 11.6 Å². The Labute approximate surface area is 108 Å². The molecule has 1 fully saturated rings. The second kappa shape index (κ2) is 5.89. The van der Waals surface area contributed by atoms with Crippen molar-refractivity contribution in [2.24, 2.45) is 13.0 Å². The van der Waals surface area contributed by atoms with Gasteiger partial charge in [-0.15, -0.1) is 0 Å². The van der Waals surface area contributed by atoms with Crippen molar-refractivity contribution < 1.29 is 4.79 Å². The lowest BCUT2D eigenvalue weighted by molar-refractivity contribution is 0.0944. The number of nitrogens with zero attached hydrogens (tertiary/aromatic N) is 2. The van der Waals surface area contributed by atoms with Crippen LogP contribution in [0.25, 0.3) is 0 Å². The number of carbonyl (C=O) groups excluding carboxylic acids is 1. The number of anilines is 1. The van der Waals surface area contributed by atoms with E-state index in [1.807, 2.05) is 0 Å². The molecule has 1 amide bonds. The van der Waals surface area contributed by atoms with Crippen LogP contribution in [0, 0.1) is 5.92 Å². The fraction of sp³-hybridized carbons (Fsp3) is 0.692. The molecule has 18 heavy (non-hydrogen) atoms. The molecule has 2 rings (SSSR count). The first kappa shape index (κ1) is 12.9. The number of hydrogen-bond acceptors (Lipinski definition) is 3. The van der Waals surface area contributed by atoms with Crippen molar-refractivity contribution in [3.63, 3.8) is 0 Å². The average Bonchev–Trinajstić information content (AvgIpc) is 2.95. The van der Waals surface area contributed by atoms with Crippen LogP contribution in [0.15, 0.2) is 6.20 Å². The number of hydrogen-bond donors (Lipinski definition) is 2. The van der Waals surface area contributed by atoms with Gasteiger partial charge >= 0.3 is 0 Å². The Morgan fingerprint density at radius 1 is 1.56 bits per heavy atom. The van der Waals surface area contributed by atoms with Gasteiger partial charge in [0.25, 0.3) is 5.91 Å². The Bertz CT molecular complexity index is 388. The molecule has 0 bridgehead atoms. The molecule has 0 atom stereocenters. The molecule has 1 aromatic rings. The normalized spacial score (nSPS) is 16.1. The summed E-state index contributed by atoms with van der Waals surface area (Å²) in [5.74, 6) is 0.752. The molecule has 0 radical (unpaired) electrons. The Kier molecular flexibility index (Phi) is 4.23. The van der Waals surface area contributed by atoms with Gasteiger partial charge in [-0.2, -0.15) is 5.10 Å². The zero-order chi connectivity index (χ0) is 13.0. The van der Waals surface area contributed by atoms with Gasteiger partial charge in [-0.3, -0.25) is 9.48 Å². The molecule has 1 aliphatic rings. The summed E-state index contributed by atoms with van der Waals surface area (Å²) in [7, 11) is 1.73. The Hall–Kier alpha value is -1.52. The van der Waals surface area contributed by atoms with E-state index in [4.69, 9.17) is 5.73 Å². The predicted octanol–water partition coefficient (Wildman–Crippen LogP) is 1.70. The highest BCUT2D eigenvalue weighted by Crippen LogP contribution is 2.28. The van der Waals surface area contributed by atoms with Gasteiger partial charge in [0.1, 0.15) is 5.69 Å². The molecule has 0 saturated heterocycles. The van der Waals surface area contributed by atoms with Crippen LogP contribution in [0.4, 0.5) is 5.69 Å². The minimum Gasteiger partial charge on any atom is -0.396 e. The molecule has 0 aromatic carbocycles. The molecule has 1 aliphatic carbocycles. The van der Waals surface area contributed by atoms with Crippen molar-refractivity contribution in [1.29, 1.82) is 0 Å². The van der Waals surface area contributed by atoms with Crippen LogP contribution in [0.5, 0.6) is 0 Å². The Balaban J connectivity index is 1.71. The topological polar surface area (TPSA) is 72.9 Å². The first-order valence-electron chi connectivity index (χ1n) is 6.74. The molecule has 0 unspecified atom stereocenters. The second-order valence-electron chi connectivity index (χ2n) is 5.12. The van der Waals surface area contributed by atoms with Crippen LogP contribution in [0.1, 0.15) is 49.0 Å². The van der Waals surface area contributed by atoms with Crippen molar-refractivity contribution in [2.75, 3.05) is 12.3 Å². The highest BCUT2D eigenvalue weighted by Gasteiger charge is 2.16. The van der Waals surface area contributed by atoms with Crippen LogP contribution < -0.4 is 11.1 Å². The summed E-state index contributed by atoms with van der Waals surface area (Å²) in [5.41, 5.74) is 6.59. The molecular weight excluding hydrogens is 228 g/mol. The van der Waals surface area contributed by atoms with Crippen molar-refractivity contribution in [3.05, 3.63) is 11.9 Å². The van der Waals surface area contributed by atoms with Crippen LogP contribution in [-0.4, -0.2) is 22.2 Å².